The molecule has 5 nitrogen and oxygen atoms in total. The Morgan fingerprint density at radius 1 is 1.45 bits per heavy atom. The molecule has 20 heavy (non-hydrogen) atoms. The fourth-order valence-electron chi connectivity index (χ4n) is 2.96. The number of hydrogen-bond acceptors (Lipinski definition) is 3. The first-order valence-electron chi connectivity index (χ1n) is 7.29. The highest BCUT2D eigenvalue weighted by molar-refractivity contribution is 5.73. The van der Waals surface area contributed by atoms with Crippen LogP contribution in [0.3, 0.4) is 0 Å². The first-order chi connectivity index (χ1) is 9.29. The van der Waals surface area contributed by atoms with Gasteiger partial charge < -0.3 is 5.11 Å². The number of piperidine rings is 1. The highest BCUT2D eigenvalue weighted by atomic mass is 16.4. The van der Waals surface area contributed by atoms with Gasteiger partial charge in [0, 0.05) is 30.8 Å². The highest BCUT2D eigenvalue weighted by Crippen LogP contribution is 2.27. The van der Waals surface area contributed by atoms with Crippen molar-refractivity contribution in [3.63, 3.8) is 0 Å². The van der Waals surface area contributed by atoms with Crippen LogP contribution in [0.1, 0.15) is 51.3 Å². The molecule has 0 radical (unpaired) electrons. The molecule has 0 amide bonds. The van der Waals surface area contributed by atoms with Crippen LogP contribution in [0.4, 0.5) is 0 Å². The van der Waals surface area contributed by atoms with E-state index in [9.17, 15) is 9.90 Å². The lowest BCUT2D eigenvalue weighted by molar-refractivity contribution is -0.144. The number of carbonyl (C=O) groups is 1. The molecule has 1 aliphatic heterocycles. The van der Waals surface area contributed by atoms with Crippen molar-refractivity contribution in [2.75, 3.05) is 6.54 Å². The summed E-state index contributed by atoms with van der Waals surface area (Å²) in [5.74, 6) is -0.703. The average Bonchev–Trinajstić information content (AvgIpc) is 2.70. The van der Waals surface area contributed by atoms with Crippen LogP contribution in [0.25, 0.3) is 0 Å². The minimum absolute atomic E-state index is 0.0227. The molecule has 2 heterocycles. The Morgan fingerprint density at radius 2 is 2.15 bits per heavy atom. The van der Waals surface area contributed by atoms with E-state index in [0.29, 0.717) is 6.54 Å². The third kappa shape index (κ3) is 3.20. The SMILES string of the molecule is Cn1cc(CN2CCCCC2C(=O)O)c(C(C)(C)C)n1. The van der Waals surface area contributed by atoms with Crippen LogP contribution in [-0.2, 0) is 23.8 Å². The molecule has 0 bridgehead atoms. The second-order valence-electron chi connectivity index (χ2n) is 6.75. The molecular weight excluding hydrogens is 254 g/mol. The van der Waals surface area contributed by atoms with E-state index in [2.05, 4.69) is 30.8 Å². The summed E-state index contributed by atoms with van der Waals surface area (Å²) >= 11 is 0. The third-order valence-electron chi connectivity index (χ3n) is 3.89. The second-order valence-corrected chi connectivity index (χ2v) is 6.75. The van der Waals surface area contributed by atoms with Crippen molar-refractivity contribution in [1.29, 1.82) is 0 Å². The maximum Gasteiger partial charge on any atom is 0.320 e. The molecule has 1 saturated heterocycles. The predicted octanol–water partition coefficient (Wildman–Crippen LogP) is 2.16. The van der Waals surface area contributed by atoms with Crippen molar-refractivity contribution in [3.8, 4) is 0 Å². The lowest BCUT2D eigenvalue weighted by Crippen LogP contribution is -2.44. The Balaban J connectivity index is 2.22. The maximum atomic E-state index is 11.4. The predicted molar refractivity (Wildman–Crippen MR) is 77.6 cm³/mol. The van der Waals surface area contributed by atoms with Gasteiger partial charge in [-0.05, 0) is 19.4 Å². The van der Waals surface area contributed by atoms with Crippen LogP contribution in [-0.4, -0.2) is 38.3 Å². The number of carboxylic acid groups (broad SMARTS) is 1. The van der Waals surface area contributed by atoms with Crippen molar-refractivity contribution in [2.24, 2.45) is 7.05 Å². The third-order valence-corrected chi connectivity index (χ3v) is 3.89. The maximum absolute atomic E-state index is 11.4. The van der Waals surface area contributed by atoms with Gasteiger partial charge in [0.05, 0.1) is 5.69 Å². The lowest BCUT2D eigenvalue weighted by atomic mass is 9.89. The number of likely N-dealkylation sites (tertiary alicyclic amines) is 1. The van der Waals surface area contributed by atoms with Crippen LogP contribution < -0.4 is 0 Å². The summed E-state index contributed by atoms with van der Waals surface area (Å²) in [5.41, 5.74) is 2.19. The summed E-state index contributed by atoms with van der Waals surface area (Å²) in [4.78, 5) is 13.5. The average molecular weight is 279 g/mol. The van der Waals surface area contributed by atoms with Gasteiger partial charge in [-0.2, -0.15) is 5.10 Å². The minimum atomic E-state index is -0.703. The van der Waals surface area contributed by atoms with Crippen molar-refractivity contribution in [1.82, 2.24) is 14.7 Å². The fraction of sp³-hybridized carbons (Fsp3) is 0.733. The Morgan fingerprint density at radius 3 is 2.75 bits per heavy atom. The summed E-state index contributed by atoms with van der Waals surface area (Å²) in [6.45, 7) is 7.96. The van der Waals surface area contributed by atoms with E-state index >= 15 is 0 Å². The van der Waals surface area contributed by atoms with Gasteiger partial charge in [0.1, 0.15) is 6.04 Å². The number of nitrogens with zero attached hydrogens (tertiary/aromatic N) is 3. The minimum Gasteiger partial charge on any atom is -0.480 e. The summed E-state index contributed by atoms with van der Waals surface area (Å²) in [7, 11) is 1.92. The number of carboxylic acids is 1. The lowest BCUT2D eigenvalue weighted by Gasteiger charge is -2.33. The Labute approximate surface area is 120 Å². The van der Waals surface area contributed by atoms with Gasteiger partial charge in [-0.25, -0.2) is 0 Å². The Hall–Kier alpha value is -1.36. The fourth-order valence-corrected chi connectivity index (χ4v) is 2.96. The van der Waals surface area contributed by atoms with E-state index in [0.717, 1.165) is 37.1 Å². The van der Waals surface area contributed by atoms with Crippen LogP contribution in [0.2, 0.25) is 0 Å². The van der Waals surface area contributed by atoms with Gasteiger partial charge in [-0.3, -0.25) is 14.4 Å². The number of rotatable bonds is 3. The van der Waals surface area contributed by atoms with E-state index in [1.807, 2.05) is 17.9 Å². The molecule has 0 aliphatic carbocycles. The molecule has 112 valence electrons. The van der Waals surface area contributed by atoms with E-state index < -0.39 is 5.97 Å². The van der Waals surface area contributed by atoms with Crippen LogP contribution in [0.5, 0.6) is 0 Å². The van der Waals surface area contributed by atoms with Gasteiger partial charge in [0.25, 0.3) is 0 Å². The summed E-state index contributed by atoms with van der Waals surface area (Å²) in [5, 5.41) is 13.9. The van der Waals surface area contributed by atoms with Crippen molar-refractivity contribution < 1.29 is 9.90 Å². The molecule has 1 atom stereocenters. The van der Waals surface area contributed by atoms with Crippen molar-refractivity contribution in [3.05, 3.63) is 17.5 Å². The second kappa shape index (κ2) is 5.56. The van der Waals surface area contributed by atoms with Gasteiger partial charge in [0.15, 0.2) is 0 Å². The van der Waals surface area contributed by atoms with Gasteiger partial charge in [-0.1, -0.05) is 27.2 Å². The highest BCUT2D eigenvalue weighted by Gasteiger charge is 2.30. The smallest absolute Gasteiger partial charge is 0.320 e. The largest absolute Gasteiger partial charge is 0.480 e. The molecule has 0 aromatic carbocycles. The van der Waals surface area contributed by atoms with E-state index in [4.69, 9.17) is 0 Å². The zero-order valence-electron chi connectivity index (χ0n) is 12.9. The monoisotopic (exact) mass is 279 g/mol. The number of aryl methyl sites for hydroxylation is 1. The number of aliphatic carboxylic acids is 1. The Bertz CT molecular complexity index is 488. The first kappa shape index (κ1) is 15.0. The number of aromatic nitrogens is 2. The number of hydrogen-bond donors (Lipinski definition) is 1. The molecule has 0 saturated carbocycles. The van der Waals surface area contributed by atoms with Gasteiger partial charge in [-0.15, -0.1) is 0 Å². The molecule has 1 aromatic heterocycles. The zero-order valence-corrected chi connectivity index (χ0v) is 12.9. The quantitative estimate of drug-likeness (QED) is 0.921. The van der Waals surface area contributed by atoms with E-state index in [1.165, 1.54) is 0 Å². The van der Waals surface area contributed by atoms with E-state index in [-0.39, 0.29) is 11.5 Å². The first-order valence-corrected chi connectivity index (χ1v) is 7.29. The van der Waals surface area contributed by atoms with Gasteiger partial charge >= 0.3 is 5.97 Å². The summed E-state index contributed by atoms with van der Waals surface area (Å²) in [6.07, 6.45) is 4.86. The van der Waals surface area contributed by atoms with E-state index in [1.54, 1.807) is 0 Å². The summed E-state index contributed by atoms with van der Waals surface area (Å²) < 4.78 is 1.83. The molecule has 1 fully saturated rings. The zero-order chi connectivity index (χ0) is 14.9. The topological polar surface area (TPSA) is 58.4 Å². The van der Waals surface area contributed by atoms with Crippen molar-refractivity contribution in [2.45, 2.75) is 58.0 Å². The molecule has 2 rings (SSSR count). The van der Waals surface area contributed by atoms with Crippen LogP contribution >= 0.6 is 0 Å². The summed E-state index contributed by atoms with van der Waals surface area (Å²) in [6, 6.07) is -0.350. The normalized spacial score (nSPS) is 21.1. The standard InChI is InChI=1S/C15H25N3O2/c1-15(2,3)13-11(9-17(4)16-13)10-18-8-6-5-7-12(18)14(19)20/h9,12H,5-8,10H2,1-4H3,(H,19,20). The molecule has 1 unspecified atom stereocenters. The molecular formula is C15H25N3O2. The van der Waals surface area contributed by atoms with Crippen LogP contribution in [0, 0.1) is 0 Å². The van der Waals surface area contributed by atoms with Crippen molar-refractivity contribution >= 4 is 5.97 Å². The van der Waals surface area contributed by atoms with Gasteiger partial charge in [0.2, 0.25) is 0 Å². The Kier molecular flexibility index (Phi) is 4.18. The molecule has 1 N–H and O–H groups in total. The van der Waals surface area contributed by atoms with Crippen LogP contribution in [0.15, 0.2) is 6.20 Å². The molecule has 5 heteroatoms. The molecule has 1 aliphatic rings. The molecule has 1 aromatic rings. The molecule has 0 spiro atoms.